The molecule has 0 unspecified atom stereocenters. The van der Waals surface area contributed by atoms with Crippen molar-refractivity contribution in [2.24, 2.45) is 0 Å². The minimum atomic E-state index is -0.213. The van der Waals surface area contributed by atoms with Gasteiger partial charge in [0.1, 0.15) is 6.10 Å². The first-order valence-corrected chi connectivity index (χ1v) is 2.14. The van der Waals surface area contributed by atoms with Gasteiger partial charge in [0, 0.05) is 6.92 Å². The van der Waals surface area contributed by atoms with Crippen LogP contribution >= 0.6 is 0 Å². The fraction of sp³-hybridized carbons (Fsp3) is 0.400. The summed E-state index contributed by atoms with van der Waals surface area (Å²) >= 11 is 0. The largest absolute Gasteiger partial charge is 1.00 e. The molecule has 8 heavy (non-hydrogen) atoms. The van der Waals surface area contributed by atoms with Crippen LogP contribution in [0.15, 0.2) is 12.2 Å². The quantitative estimate of drug-likeness (QED) is 0.220. The van der Waals surface area contributed by atoms with Gasteiger partial charge < -0.3 is 6.16 Å². The van der Waals surface area contributed by atoms with Gasteiger partial charge >= 0.3 is 35.5 Å². The molecule has 1 aliphatic carbocycles. The number of hydrogen-bond donors (Lipinski definition) is 0. The van der Waals surface area contributed by atoms with Crippen LogP contribution in [0.5, 0.6) is 0 Å². The van der Waals surface area contributed by atoms with Gasteiger partial charge in [-0.05, 0) is 12.2 Å². The molecule has 0 aromatic carbocycles. The van der Waals surface area contributed by atoms with Gasteiger partial charge in [-0.1, -0.05) is 0 Å². The summed E-state index contributed by atoms with van der Waals surface area (Å²) < 4.78 is 4.61. The molecule has 0 fully saturated rings. The Morgan fingerprint density at radius 3 is 2.38 bits per heavy atom. The Bertz CT molecular complexity index is 118. The van der Waals surface area contributed by atoms with Crippen molar-refractivity contribution in [3.8, 4) is 0 Å². The summed E-state index contributed by atoms with van der Waals surface area (Å²) in [6.07, 6.45) is 3.67. The van der Waals surface area contributed by atoms with Crippen LogP contribution in [0.3, 0.4) is 0 Å². The van der Waals surface area contributed by atoms with Crippen molar-refractivity contribution in [1.82, 2.24) is 0 Å². The molecule has 0 saturated carbocycles. The van der Waals surface area contributed by atoms with E-state index in [-0.39, 0.29) is 43.1 Å². The van der Waals surface area contributed by atoms with Crippen LogP contribution in [0, 0.1) is 0 Å². The smallest absolute Gasteiger partial charge is 1.00 e. The number of hydrogen-bond acceptors (Lipinski definition) is 2. The molecule has 0 N–H and O–H groups in total. The minimum absolute atomic E-state index is 0. The van der Waals surface area contributed by atoms with Gasteiger partial charge in [-0.25, -0.2) is 0 Å². The van der Waals surface area contributed by atoms with Crippen LogP contribution < -0.4 is 29.6 Å². The maximum Gasteiger partial charge on any atom is 1.00 e. The molecule has 0 amide bonds. The van der Waals surface area contributed by atoms with E-state index in [0.717, 1.165) is 0 Å². The number of esters is 1. The Morgan fingerprint density at radius 1 is 1.75 bits per heavy atom. The van der Waals surface area contributed by atoms with Crippen molar-refractivity contribution in [2.75, 3.05) is 0 Å². The van der Waals surface area contributed by atoms with Crippen molar-refractivity contribution in [2.45, 2.75) is 13.0 Å². The monoisotopic (exact) mass is 122 g/mol. The van der Waals surface area contributed by atoms with Gasteiger partial charge in [0.05, 0.1) is 0 Å². The topological polar surface area (TPSA) is 26.3 Å². The molecular formula is C5H7NaO2. The summed E-state index contributed by atoms with van der Waals surface area (Å²) in [6, 6.07) is 0. The summed E-state index contributed by atoms with van der Waals surface area (Å²) in [5, 5.41) is 0. The zero-order valence-corrected chi connectivity index (χ0v) is 7.05. The second-order valence-corrected chi connectivity index (χ2v) is 1.46. The second-order valence-electron chi connectivity index (χ2n) is 1.46. The fourth-order valence-corrected chi connectivity index (χ4v) is 0.316. The first kappa shape index (κ1) is 8.21. The van der Waals surface area contributed by atoms with Crippen LogP contribution in [0.25, 0.3) is 0 Å². The number of carbonyl (C=O) groups excluding carboxylic acids is 1. The Hall–Kier alpha value is 0.210. The number of carbonyl (C=O) groups is 1. The van der Waals surface area contributed by atoms with E-state index in [1.165, 1.54) is 6.92 Å². The molecule has 0 heterocycles. The summed E-state index contributed by atoms with van der Waals surface area (Å²) in [4.78, 5) is 10.0. The van der Waals surface area contributed by atoms with Crippen molar-refractivity contribution >= 4 is 5.97 Å². The number of ether oxygens (including phenoxy) is 1. The van der Waals surface area contributed by atoms with E-state index in [9.17, 15) is 4.79 Å². The maximum absolute atomic E-state index is 10.0. The minimum Gasteiger partial charge on any atom is -1.00 e. The molecule has 0 aliphatic heterocycles. The third kappa shape index (κ3) is 3.24. The second kappa shape index (κ2) is 3.28. The van der Waals surface area contributed by atoms with E-state index in [4.69, 9.17) is 0 Å². The molecule has 0 aromatic heterocycles. The molecule has 0 spiro atoms. The molecule has 40 valence electrons. The van der Waals surface area contributed by atoms with Crippen LogP contribution in [-0.2, 0) is 9.53 Å². The van der Waals surface area contributed by atoms with Crippen LogP contribution in [-0.4, -0.2) is 12.1 Å². The Morgan fingerprint density at radius 2 is 2.25 bits per heavy atom. The average molecular weight is 122 g/mol. The Kier molecular flexibility index (Phi) is 3.36. The third-order valence-corrected chi connectivity index (χ3v) is 0.652. The van der Waals surface area contributed by atoms with Crippen LogP contribution in [0.1, 0.15) is 8.35 Å². The fourth-order valence-electron chi connectivity index (χ4n) is 0.316. The van der Waals surface area contributed by atoms with Gasteiger partial charge in [-0.15, -0.1) is 0 Å². The van der Waals surface area contributed by atoms with E-state index < -0.39 is 0 Å². The SMILES string of the molecule is CC(=O)OC1C=C1.[H-].[Na+]. The van der Waals surface area contributed by atoms with Gasteiger partial charge in [0.15, 0.2) is 0 Å². The Balaban J connectivity index is 0. The molecule has 1 rings (SSSR count). The molecule has 0 aromatic rings. The predicted octanol–water partition coefficient (Wildman–Crippen LogP) is -2.40. The summed E-state index contributed by atoms with van der Waals surface area (Å²) in [7, 11) is 0. The molecule has 0 radical (unpaired) electrons. The van der Waals surface area contributed by atoms with Gasteiger partial charge in [0.25, 0.3) is 0 Å². The summed E-state index contributed by atoms with van der Waals surface area (Å²) in [5.41, 5.74) is 0. The standard InChI is InChI=1S/C5H6O2.Na.H/c1-4(6)7-5-2-3-5;;/h2-3,5H,1H3;;/q;+1;-1. The predicted molar refractivity (Wildman–Crippen MR) is 25.8 cm³/mol. The van der Waals surface area contributed by atoms with Crippen molar-refractivity contribution in [3.05, 3.63) is 12.2 Å². The molecule has 2 nitrogen and oxygen atoms in total. The molecule has 1 aliphatic rings. The molecule has 0 saturated heterocycles. The maximum atomic E-state index is 10.0. The molecule has 3 heteroatoms. The molecule has 0 atom stereocenters. The summed E-state index contributed by atoms with van der Waals surface area (Å²) in [5.74, 6) is -0.213. The van der Waals surface area contributed by atoms with E-state index in [1.807, 2.05) is 12.2 Å². The summed E-state index contributed by atoms with van der Waals surface area (Å²) in [6.45, 7) is 1.40. The van der Waals surface area contributed by atoms with Gasteiger partial charge in [-0.2, -0.15) is 0 Å². The number of rotatable bonds is 1. The van der Waals surface area contributed by atoms with Gasteiger partial charge in [-0.3, -0.25) is 4.79 Å². The Labute approximate surface area is 71.7 Å². The molecule has 0 bridgehead atoms. The van der Waals surface area contributed by atoms with Crippen molar-refractivity contribution < 1.29 is 40.5 Å². The van der Waals surface area contributed by atoms with Crippen molar-refractivity contribution in [1.29, 1.82) is 0 Å². The van der Waals surface area contributed by atoms with Crippen molar-refractivity contribution in [3.63, 3.8) is 0 Å². The van der Waals surface area contributed by atoms with E-state index in [2.05, 4.69) is 4.74 Å². The first-order chi connectivity index (χ1) is 3.29. The van der Waals surface area contributed by atoms with E-state index >= 15 is 0 Å². The zero-order chi connectivity index (χ0) is 5.28. The van der Waals surface area contributed by atoms with Gasteiger partial charge in [0.2, 0.25) is 0 Å². The third-order valence-electron chi connectivity index (χ3n) is 0.652. The first-order valence-electron chi connectivity index (χ1n) is 2.14. The van der Waals surface area contributed by atoms with E-state index in [1.54, 1.807) is 0 Å². The zero-order valence-electron chi connectivity index (χ0n) is 6.05. The van der Waals surface area contributed by atoms with Crippen LogP contribution in [0.4, 0.5) is 0 Å². The van der Waals surface area contributed by atoms with E-state index in [0.29, 0.717) is 0 Å². The average Bonchev–Trinajstić information content (AvgIpc) is 2.17. The van der Waals surface area contributed by atoms with Crippen LogP contribution in [0.2, 0.25) is 0 Å². The normalized spacial score (nSPS) is 14.6. The molecular weight excluding hydrogens is 115 g/mol.